The SMILES string of the molecule is CCCCNC(=O)C(C)N(Cc1cccc(OC)c1)C(=O)CCCN(c1ccc(F)cc1)S(C)(=O)=O. The van der Waals surface area contributed by atoms with Gasteiger partial charge in [-0.05, 0) is 61.7 Å². The predicted molar refractivity (Wildman–Crippen MR) is 139 cm³/mol. The highest BCUT2D eigenvalue weighted by Crippen LogP contribution is 2.20. The van der Waals surface area contributed by atoms with Crippen LogP contribution in [-0.4, -0.2) is 57.6 Å². The van der Waals surface area contributed by atoms with Crippen molar-refractivity contribution in [3.05, 3.63) is 59.9 Å². The van der Waals surface area contributed by atoms with Gasteiger partial charge < -0.3 is 15.0 Å². The van der Waals surface area contributed by atoms with Crippen molar-refractivity contribution in [3.8, 4) is 5.75 Å². The van der Waals surface area contributed by atoms with Crippen LogP contribution < -0.4 is 14.4 Å². The summed E-state index contributed by atoms with van der Waals surface area (Å²) in [6.45, 7) is 4.48. The number of nitrogens with one attached hydrogen (secondary N) is 1. The standard InChI is InChI=1S/C26H36FN3O5S/c1-5-6-16-28-26(32)20(2)29(19-21-9-7-10-24(18-21)35-3)25(31)11-8-17-30(36(4,33)34)23-14-12-22(27)13-15-23/h7,9-10,12-15,18,20H,5-6,8,11,16-17,19H2,1-4H3,(H,28,32). The summed E-state index contributed by atoms with van der Waals surface area (Å²) in [5.41, 5.74) is 1.13. The fraction of sp³-hybridized carbons (Fsp3) is 0.462. The Labute approximate surface area is 213 Å². The molecule has 0 bridgehead atoms. The average Bonchev–Trinajstić information content (AvgIpc) is 2.85. The van der Waals surface area contributed by atoms with Gasteiger partial charge in [0, 0.05) is 26.1 Å². The second-order valence-corrected chi connectivity index (χ2v) is 10.5. The van der Waals surface area contributed by atoms with Gasteiger partial charge in [-0.1, -0.05) is 25.5 Å². The molecule has 2 aromatic rings. The summed E-state index contributed by atoms with van der Waals surface area (Å²) in [6, 6.07) is 11.7. The van der Waals surface area contributed by atoms with Gasteiger partial charge in [-0.3, -0.25) is 13.9 Å². The summed E-state index contributed by atoms with van der Waals surface area (Å²) in [5, 5.41) is 2.87. The largest absolute Gasteiger partial charge is 0.497 e. The maximum atomic E-state index is 13.3. The van der Waals surface area contributed by atoms with Crippen molar-refractivity contribution < 1.29 is 27.1 Å². The van der Waals surface area contributed by atoms with Gasteiger partial charge in [0.05, 0.1) is 19.1 Å². The number of unbranched alkanes of at least 4 members (excludes halogenated alkanes) is 1. The molecule has 198 valence electrons. The van der Waals surface area contributed by atoms with Crippen molar-refractivity contribution in [2.75, 3.05) is 30.8 Å². The number of ether oxygens (including phenoxy) is 1. The summed E-state index contributed by atoms with van der Waals surface area (Å²) in [5.74, 6) is -0.350. The predicted octanol–water partition coefficient (Wildman–Crippen LogP) is 3.71. The molecule has 0 spiro atoms. The van der Waals surface area contributed by atoms with Gasteiger partial charge in [0.15, 0.2) is 0 Å². The highest BCUT2D eigenvalue weighted by atomic mass is 32.2. The first-order valence-electron chi connectivity index (χ1n) is 12.0. The Balaban J connectivity index is 2.16. The third-order valence-electron chi connectivity index (χ3n) is 5.75. The second kappa shape index (κ2) is 13.8. The molecule has 36 heavy (non-hydrogen) atoms. The van der Waals surface area contributed by atoms with Gasteiger partial charge in [0.1, 0.15) is 17.6 Å². The molecule has 0 fully saturated rings. The van der Waals surface area contributed by atoms with Crippen LogP contribution in [0.25, 0.3) is 0 Å². The zero-order valence-corrected chi connectivity index (χ0v) is 22.2. The molecule has 0 aliphatic heterocycles. The average molecular weight is 522 g/mol. The van der Waals surface area contributed by atoms with Crippen LogP contribution in [0.2, 0.25) is 0 Å². The maximum absolute atomic E-state index is 13.3. The smallest absolute Gasteiger partial charge is 0.242 e. The lowest BCUT2D eigenvalue weighted by molar-refractivity contribution is -0.140. The summed E-state index contributed by atoms with van der Waals surface area (Å²) in [4.78, 5) is 27.5. The number of carbonyl (C=O) groups is 2. The highest BCUT2D eigenvalue weighted by molar-refractivity contribution is 7.92. The molecule has 2 aromatic carbocycles. The van der Waals surface area contributed by atoms with Crippen LogP contribution in [0.3, 0.4) is 0 Å². The summed E-state index contributed by atoms with van der Waals surface area (Å²) < 4.78 is 44.4. The first kappa shape index (κ1) is 29.1. The lowest BCUT2D eigenvalue weighted by atomic mass is 10.1. The number of nitrogens with zero attached hydrogens (tertiary/aromatic N) is 2. The Hall–Kier alpha value is -3.14. The molecule has 1 unspecified atom stereocenters. The van der Waals surface area contributed by atoms with Crippen LogP contribution in [0.1, 0.15) is 45.1 Å². The van der Waals surface area contributed by atoms with E-state index in [4.69, 9.17) is 4.74 Å². The van der Waals surface area contributed by atoms with Crippen LogP contribution >= 0.6 is 0 Å². The van der Waals surface area contributed by atoms with E-state index in [0.717, 1.165) is 29.0 Å². The third kappa shape index (κ3) is 8.82. The summed E-state index contributed by atoms with van der Waals surface area (Å²) in [6.07, 6.45) is 3.10. The lowest BCUT2D eigenvalue weighted by Crippen LogP contribution is -2.48. The number of carbonyl (C=O) groups excluding carboxylic acids is 2. The zero-order valence-electron chi connectivity index (χ0n) is 21.4. The molecular weight excluding hydrogens is 485 g/mol. The zero-order chi connectivity index (χ0) is 26.7. The Kier molecular flexibility index (Phi) is 11.2. The number of halogens is 1. The monoisotopic (exact) mass is 521 g/mol. The van der Waals surface area contributed by atoms with E-state index in [-0.39, 0.29) is 37.7 Å². The van der Waals surface area contributed by atoms with Crippen LogP contribution in [0.15, 0.2) is 48.5 Å². The van der Waals surface area contributed by atoms with E-state index in [1.54, 1.807) is 20.1 Å². The number of benzene rings is 2. The number of sulfonamides is 1. The Morgan fingerprint density at radius 3 is 2.42 bits per heavy atom. The number of amides is 2. The van der Waals surface area contributed by atoms with Crippen molar-refractivity contribution in [1.82, 2.24) is 10.2 Å². The van der Waals surface area contributed by atoms with E-state index in [9.17, 15) is 22.4 Å². The molecule has 1 atom stereocenters. The van der Waals surface area contributed by atoms with Crippen molar-refractivity contribution in [2.45, 2.75) is 52.1 Å². The van der Waals surface area contributed by atoms with Gasteiger partial charge in [0.25, 0.3) is 0 Å². The van der Waals surface area contributed by atoms with E-state index >= 15 is 0 Å². The van der Waals surface area contributed by atoms with Crippen LogP contribution in [0.5, 0.6) is 5.75 Å². The fourth-order valence-electron chi connectivity index (χ4n) is 3.70. The quantitative estimate of drug-likeness (QED) is 0.383. The molecular formula is C26H36FN3O5S. The van der Waals surface area contributed by atoms with Gasteiger partial charge >= 0.3 is 0 Å². The van der Waals surface area contributed by atoms with E-state index in [0.29, 0.717) is 18.0 Å². The first-order valence-corrected chi connectivity index (χ1v) is 13.8. The molecule has 2 amide bonds. The Morgan fingerprint density at radius 2 is 1.81 bits per heavy atom. The van der Waals surface area contributed by atoms with Crippen molar-refractivity contribution in [3.63, 3.8) is 0 Å². The molecule has 0 saturated carbocycles. The van der Waals surface area contributed by atoms with Gasteiger partial charge in [-0.25, -0.2) is 12.8 Å². The van der Waals surface area contributed by atoms with E-state index in [2.05, 4.69) is 5.32 Å². The fourth-order valence-corrected chi connectivity index (χ4v) is 4.66. The molecule has 0 saturated heterocycles. The minimum atomic E-state index is -3.64. The van der Waals surface area contributed by atoms with E-state index < -0.39 is 21.9 Å². The molecule has 1 N–H and O–H groups in total. The number of hydrogen-bond acceptors (Lipinski definition) is 5. The van der Waals surface area contributed by atoms with E-state index in [1.165, 1.54) is 29.2 Å². The van der Waals surface area contributed by atoms with Gasteiger partial charge in [0.2, 0.25) is 21.8 Å². The van der Waals surface area contributed by atoms with Crippen molar-refractivity contribution >= 4 is 27.5 Å². The highest BCUT2D eigenvalue weighted by Gasteiger charge is 2.26. The minimum absolute atomic E-state index is 0.0315. The van der Waals surface area contributed by atoms with E-state index in [1.807, 2.05) is 25.1 Å². The number of hydrogen-bond donors (Lipinski definition) is 1. The number of methoxy groups -OCH3 is 1. The molecule has 0 aromatic heterocycles. The lowest BCUT2D eigenvalue weighted by Gasteiger charge is -2.29. The topological polar surface area (TPSA) is 96.0 Å². The molecule has 2 rings (SSSR count). The number of rotatable bonds is 14. The molecule has 8 nitrogen and oxygen atoms in total. The van der Waals surface area contributed by atoms with Crippen LogP contribution in [0, 0.1) is 5.82 Å². The van der Waals surface area contributed by atoms with Crippen molar-refractivity contribution in [1.29, 1.82) is 0 Å². The molecule has 0 heterocycles. The Bertz CT molecular complexity index is 1110. The van der Waals surface area contributed by atoms with Crippen LogP contribution in [0.4, 0.5) is 10.1 Å². The Morgan fingerprint density at radius 1 is 1.11 bits per heavy atom. The number of anilines is 1. The molecule has 0 aliphatic carbocycles. The summed E-state index contributed by atoms with van der Waals surface area (Å²) >= 11 is 0. The van der Waals surface area contributed by atoms with Gasteiger partial charge in [-0.15, -0.1) is 0 Å². The first-order chi connectivity index (χ1) is 17.1. The van der Waals surface area contributed by atoms with Crippen LogP contribution in [-0.2, 0) is 26.2 Å². The minimum Gasteiger partial charge on any atom is -0.497 e. The molecule has 0 aliphatic rings. The maximum Gasteiger partial charge on any atom is 0.242 e. The van der Waals surface area contributed by atoms with Crippen molar-refractivity contribution in [2.24, 2.45) is 0 Å². The molecule has 0 radical (unpaired) electrons. The normalized spacial score (nSPS) is 12.0. The second-order valence-electron chi connectivity index (χ2n) is 8.61. The van der Waals surface area contributed by atoms with Gasteiger partial charge in [-0.2, -0.15) is 0 Å². The molecule has 10 heteroatoms. The summed E-state index contributed by atoms with van der Waals surface area (Å²) in [7, 11) is -2.08. The third-order valence-corrected chi connectivity index (χ3v) is 6.94.